The molecule has 140 valence electrons. The van der Waals surface area contributed by atoms with Crippen LogP contribution in [0.5, 0.6) is 0 Å². The van der Waals surface area contributed by atoms with Gasteiger partial charge in [0.05, 0.1) is 10.3 Å². The highest BCUT2D eigenvalue weighted by atomic mass is 79.9. The number of sulfonamides is 1. The van der Waals surface area contributed by atoms with Gasteiger partial charge in [0.2, 0.25) is 5.91 Å². The van der Waals surface area contributed by atoms with Gasteiger partial charge in [-0.1, -0.05) is 18.2 Å². The summed E-state index contributed by atoms with van der Waals surface area (Å²) in [5.74, 6) is -0.167. The van der Waals surface area contributed by atoms with Crippen LogP contribution in [0, 0.1) is 0 Å². The topological polar surface area (TPSA) is 60.9 Å². The van der Waals surface area contributed by atoms with Crippen LogP contribution in [-0.4, -0.2) is 63.3 Å². The van der Waals surface area contributed by atoms with Gasteiger partial charge in [-0.25, -0.2) is 8.42 Å². The largest absolute Gasteiger partial charge is 0.368 e. The van der Waals surface area contributed by atoms with E-state index in [9.17, 15) is 13.2 Å². The number of carbonyl (C=O) groups excluding carboxylic acids is 1. The summed E-state index contributed by atoms with van der Waals surface area (Å²) in [6.07, 6.45) is 0. The van der Waals surface area contributed by atoms with Gasteiger partial charge in [-0.3, -0.25) is 4.79 Å². The van der Waals surface area contributed by atoms with Gasteiger partial charge in [-0.2, -0.15) is 4.31 Å². The number of benzene rings is 1. The van der Waals surface area contributed by atoms with Gasteiger partial charge in [0.15, 0.2) is 0 Å². The molecule has 1 aromatic heterocycles. The number of hydrogen-bond donors (Lipinski definition) is 0. The van der Waals surface area contributed by atoms with Gasteiger partial charge >= 0.3 is 0 Å². The standard InChI is InChI=1S/C17H20BrN3O3S2/c1-19(26(23,24)17-8-7-15(18)25-17)13-16(22)21-11-9-20(10-12-21)14-5-3-2-4-6-14/h2-8H,9-13H2,1H3. The minimum absolute atomic E-state index is 0.150. The minimum atomic E-state index is -3.64. The number of hydrogen-bond acceptors (Lipinski definition) is 5. The van der Waals surface area contributed by atoms with Crippen LogP contribution in [0.3, 0.4) is 0 Å². The quantitative estimate of drug-likeness (QED) is 0.691. The SMILES string of the molecule is CN(CC(=O)N1CCN(c2ccccc2)CC1)S(=O)(=O)c1ccc(Br)s1. The molecule has 1 amide bonds. The van der Waals surface area contributed by atoms with Crippen molar-refractivity contribution in [2.45, 2.75) is 4.21 Å². The van der Waals surface area contributed by atoms with E-state index in [0.717, 1.165) is 38.2 Å². The number of carbonyl (C=O) groups is 1. The summed E-state index contributed by atoms with van der Waals surface area (Å²) in [6, 6.07) is 13.3. The van der Waals surface area contributed by atoms with Crippen LogP contribution < -0.4 is 4.90 Å². The average Bonchev–Trinajstić information content (AvgIpc) is 3.09. The van der Waals surface area contributed by atoms with Crippen molar-refractivity contribution in [2.75, 3.05) is 44.7 Å². The van der Waals surface area contributed by atoms with Crippen LogP contribution in [0.4, 0.5) is 5.69 Å². The number of piperazine rings is 1. The Hall–Kier alpha value is -1.42. The van der Waals surface area contributed by atoms with Crippen molar-refractivity contribution in [3.63, 3.8) is 0 Å². The predicted octanol–water partition coefficient (Wildman–Crippen LogP) is 2.48. The molecule has 3 rings (SSSR count). The van der Waals surface area contributed by atoms with Gasteiger partial charge in [-0.05, 0) is 40.2 Å². The minimum Gasteiger partial charge on any atom is -0.368 e. The van der Waals surface area contributed by atoms with E-state index in [0.29, 0.717) is 13.1 Å². The monoisotopic (exact) mass is 457 g/mol. The van der Waals surface area contributed by atoms with E-state index >= 15 is 0 Å². The molecule has 0 aliphatic carbocycles. The molecule has 0 saturated carbocycles. The molecule has 6 nitrogen and oxygen atoms in total. The number of likely N-dealkylation sites (N-methyl/N-ethyl adjacent to an activating group) is 1. The van der Waals surface area contributed by atoms with Crippen molar-refractivity contribution in [3.05, 3.63) is 46.3 Å². The predicted molar refractivity (Wildman–Crippen MR) is 107 cm³/mol. The number of para-hydroxylation sites is 1. The van der Waals surface area contributed by atoms with Gasteiger partial charge in [0.25, 0.3) is 10.0 Å². The summed E-state index contributed by atoms with van der Waals surface area (Å²) in [7, 11) is -2.20. The summed E-state index contributed by atoms with van der Waals surface area (Å²) in [4.78, 5) is 16.5. The Labute approximate surface area is 166 Å². The van der Waals surface area contributed by atoms with Gasteiger partial charge in [0, 0.05) is 38.9 Å². The van der Waals surface area contributed by atoms with E-state index in [2.05, 4.69) is 33.0 Å². The van der Waals surface area contributed by atoms with Gasteiger partial charge < -0.3 is 9.80 Å². The molecular weight excluding hydrogens is 438 g/mol. The molecule has 1 fully saturated rings. The van der Waals surface area contributed by atoms with E-state index in [-0.39, 0.29) is 16.7 Å². The first-order valence-electron chi connectivity index (χ1n) is 8.17. The molecule has 0 unspecified atom stereocenters. The van der Waals surface area contributed by atoms with Crippen molar-refractivity contribution < 1.29 is 13.2 Å². The molecule has 0 radical (unpaired) electrons. The Balaban J connectivity index is 1.57. The summed E-state index contributed by atoms with van der Waals surface area (Å²) < 4.78 is 27.2. The molecule has 1 aliphatic rings. The molecule has 9 heteroatoms. The zero-order valence-corrected chi connectivity index (χ0v) is 17.6. The van der Waals surface area contributed by atoms with E-state index in [1.54, 1.807) is 17.0 Å². The van der Waals surface area contributed by atoms with Crippen LogP contribution in [0.1, 0.15) is 0 Å². The third-order valence-electron chi connectivity index (χ3n) is 4.32. The molecule has 1 aromatic carbocycles. The first-order chi connectivity index (χ1) is 12.4. The molecule has 2 heterocycles. The molecule has 0 atom stereocenters. The molecule has 26 heavy (non-hydrogen) atoms. The second-order valence-electron chi connectivity index (χ2n) is 6.02. The molecule has 2 aromatic rings. The first-order valence-corrected chi connectivity index (χ1v) is 11.2. The van der Waals surface area contributed by atoms with Crippen molar-refractivity contribution in [1.82, 2.24) is 9.21 Å². The third kappa shape index (κ3) is 4.28. The zero-order valence-electron chi connectivity index (χ0n) is 14.3. The summed E-state index contributed by atoms with van der Waals surface area (Å²) in [6.45, 7) is 2.51. The van der Waals surface area contributed by atoms with E-state index in [4.69, 9.17) is 0 Å². The number of rotatable bonds is 5. The highest BCUT2D eigenvalue weighted by Crippen LogP contribution is 2.28. The van der Waals surface area contributed by atoms with Crippen LogP contribution in [0.15, 0.2) is 50.5 Å². The molecule has 0 spiro atoms. The molecular formula is C17H20BrN3O3S2. The van der Waals surface area contributed by atoms with Crippen molar-refractivity contribution >= 4 is 48.9 Å². The molecule has 0 N–H and O–H groups in total. The summed E-state index contributed by atoms with van der Waals surface area (Å²) in [5, 5.41) is 0. The fourth-order valence-corrected chi connectivity index (χ4v) is 6.16. The van der Waals surface area contributed by atoms with Crippen LogP contribution in [0.2, 0.25) is 0 Å². The number of amides is 1. The second-order valence-corrected chi connectivity index (χ2v) is 10.8. The molecule has 1 saturated heterocycles. The van der Waals surface area contributed by atoms with Crippen LogP contribution in [0.25, 0.3) is 0 Å². The highest BCUT2D eigenvalue weighted by Gasteiger charge is 2.28. The van der Waals surface area contributed by atoms with Crippen LogP contribution >= 0.6 is 27.3 Å². The fourth-order valence-electron chi connectivity index (χ4n) is 2.82. The molecule has 1 aliphatic heterocycles. The normalized spacial score (nSPS) is 15.5. The van der Waals surface area contributed by atoms with Gasteiger partial charge in [0.1, 0.15) is 4.21 Å². The number of nitrogens with zero attached hydrogens (tertiary/aromatic N) is 3. The zero-order chi connectivity index (χ0) is 18.7. The second kappa shape index (κ2) is 8.08. The maximum atomic E-state index is 12.5. The fraction of sp³-hybridized carbons (Fsp3) is 0.353. The smallest absolute Gasteiger partial charge is 0.252 e. The summed E-state index contributed by atoms with van der Waals surface area (Å²) >= 11 is 4.41. The number of halogens is 1. The highest BCUT2D eigenvalue weighted by molar-refractivity contribution is 9.11. The van der Waals surface area contributed by atoms with Crippen molar-refractivity contribution in [3.8, 4) is 0 Å². The Bertz CT molecular complexity index is 862. The maximum Gasteiger partial charge on any atom is 0.252 e. The van der Waals surface area contributed by atoms with E-state index in [1.807, 2.05) is 18.2 Å². The summed E-state index contributed by atoms with van der Waals surface area (Å²) in [5.41, 5.74) is 1.14. The number of anilines is 1. The van der Waals surface area contributed by atoms with Crippen LogP contribution in [-0.2, 0) is 14.8 Å². The third-order valence-corrected chi connectivity index (χ3v) is 8.22. The van der Waals surface area contributed by atoms with Crippen molar-refractivity contribution in [1.29, 1.82) is 0 Å². The lowest BCUT2D eigenvalue weighted by atomic mass is 10.2. The Morgan fingerprint density at radius 1 is 1.12 bits per heavy atom. The lowest BCUT2D eigenvalue weighted by Gasteiger charge is -2.36. The lowest BCUT2D eigenvalue weighted by molar-refractivity contribution is -0.131. The Morgan fingerprint density at radius 3 is 2.35 bits per heavy atom. The Kier molecular flexibility index (Phi) is 6.01. The van der Waals surface area contributed by atoms with Crippen molar-refractivity contribution in [2.24, 2.45) is 0 Å². The van der Waals surface area contributed by atoms with E-state index in [1.165, 1.54) is 7.05 Å². The average molecular weight is 458 g/mol. The molecule has 0 bridgehead atoms. The van der Waals surface area contributed by atoms with Gasteiger partial charge in [-0.15, -0.1) is 11.3 Å². The number of thiophene rings is 1. The lowest BCUT2D eigenvalue weighted by Crippen LogP contribution is -2.51. The Morgan fingerprint density at radius 2 is 1.77 bits per heavy atom. The maximum absolute atomic E-state index is 12.5. The first kappa shape index (κ1) is 19.3. The van der Waals surface area contributed by atoms with E-state index < -0.39 is 10.0 Å².